The van der Waals surface area contributed by atoms with E-state index in [-0.39, 0.29) is 23.5 Å². The standard InChI is InChI=1S/C21H18N4O4S/c1-24-19(27)16-8-3-13(11-17(16)20(24)28)23-18(26)12-30-21-22-9-10-25(21)14-4-6-15(29-2)7-5-14/h3-11H,12H2,1-2H3,(H,23,26). The van der Waals surface area contributed by atoms with Gasteiger partial charge in [0.2, 0.25) is 5.91 Å². The highest BCUT2D eigenvalue weighted by molar-refractivity contribution is 7.99. The molecular weight excluding hydrogens is 404 g/mol. The maximum atomic E-state index is 12.4. The summed E-state index contributed by atoms with van der Waals surface area (Å²) in [6, 6.07) is 12.2. The van der Waals surface area contributed by atoms with Gasteiger partial charge in [0.1, 0.15) is 5.75 Å². The molecule has 0 spiro atoms. The fraction of sp³-hybridized carbons (Fsp3) is 0.143. The second kappa shape index (κ2) is 8.03. The van der Waals surface area contributed by atoms with Gasteiger partial charge < -0.3 is 10.1 Å². The summed E-state index contributed by atoms with van der Waals surface area (Å²) in [5, 5.41) is 3.44. The fourth-order valence-electron chi connectivity index (χ4n) is 3.10. The van der Waals surface area contributed by atoms with E-state index in [0.29, 0.717) is 22.0 Å². The molecule has 0 radical (unpaired) electrons. The number of aromatic nitrogens is 2. The Labute approximate surface area is 176 Å². The van der Waals surface area contributed by atoms with E-state index < -0.39 is 0 Å². The number of imide groups is 1. The summed E-state index contributed by atoms with van der Waals surface area (Å²) < 4.78 is 7.05. The third-order valence-electron chi connectivity index (χ3n) is 4.66. The zero-order chi connectivity index (χ0) is 21.3. The average molecular weight is 422 g/mol. The Bertz CT molecular complexity index is 1140. The summed E-state index contributed by atoms with van der Waals surface area (Å²) in [7, 11) is 3.05. The van der Waals surface area contributed by atoms with E-state index in [1.54, 1.807) is 25.4 Å². The largest absolute Gasteiger partial charge is 0.497 e. The first-order valence-electron chi connectivity index (χ1n) is 9.05. The normalized spacial score (nSPS) is 12.8. The number of fused-ring (bicyclic) bond motifs is 1. The Morgan fingerprint density at radius 1 is 1.10 bits per heavy atom. The number of nitrogens with one attached hydrogen (secondary N) is 1. The van der Waals surface area contributed by atoms with Crippen LogP contribution in [0.3, 0.4) is 0 Å². The predicted octanol–water partition coefficient (Wildman–Crippen LogP) is 2.84. The lowest BCUT2D eigenvalue weighted by Gasteiger charge is -2.09. The first kappa shape index (κ1) is 19.7. The van der Waals surface area contributed by atoms with Crippen molar-refractivity contribution in [1.82, 2.24) is 14.5 Å². The lowest BCUT2D eigenvalue weighted by Crippen LogP contribution is -2.24. The molecule has 0 aliphatic carbocycles. The molecule has 30 heavy (non-hydrogen) atoms. The zero-order valence-electron chi connectivity index (χ0n) is 16.3. The van der Waals surface area contributed by atoms with Crippen molar-refractivity contribution >= 4 is 35.2 Å². The molecule has 0 unspecified atom stereocenters. The average Bonchev–Trinajstić information content (AvgIpc) is 3.32. The zero-order valence-corrected chi connectivity index (χ0v) is 17.1. The van der Waals surface area contributed by atoms with Crippen LogP contribution in [0.1, 0.15) is 20.7 Å². The van der Waals surface area contributed by atoms with Crippen molar-refractivity contribution in [3.63, 3.8) is 0 Å². The van der Waals surface area contributed by atoms with Gasteiger partial charge in [0.25, 0.3) is 11.8 Å². The van der Waals surface area contributed by atoms with Gasteiger partial charge in [0.15, 0.2) is 5.16 Å². The highest BCUT2D eigenvalue weighted by atomic mass is 32.2. The van der Waals surface area contributed by atoms with E-state index in [4.69, 9.17) is 4.74 Å². The Kier molecular flexibility index (Phi) is 5.28. The molecule has 9 heteroatoms. The number of imidazole rings is 1. The van der Waals surface area contributed by atoms with E-state index >= 15 is 0 Å². The number of methoxy groups -OCH3 is 1. The van der Waals surface area contributed by atoms with E-state index in [0.717, 1.165) is 16.3 Å². The lowest BCUT2D eigenvalue weighted by atomic mass is 10.1. The van der Waals surface area contributed by atoms with Gasteiger partial charge in [-0.1, -0.05) is 11.8 Å². The topological polar surface area (TPSA) is 93.5 Å². The van der Waals surface area contributed by atoms with Crippen molar-refractivity contribution in [1.29, 1.82) is 0 Å². The van der Waals surface area contributed by atoms with Crippen LogP contribution >= 0.6 is 11.8 Å². The maximum Gasteiger partial charge on any atom is 0.261 e. The number of rotatable bonds is 6. The number of thioether (sulfide) groups is 1. The Balaban J connectivity index is 1.41. The summed E-state index contributed by atoms with van der Waals surface area (Å²) in [6.45, 7) is 0. The van der Waals surface area contributed by atoms with Gasteiger partial charge in [0.05, 0.1) is 24.0 Å². The number of amides is 3. The van der Waals surface area contributed by atoms with Gasteiger partial charge >= 0.3 is 0 Å². The van der Waals surface area contributed by atoms with Gasteiger partial charge in [-0.05, 0) is 42.5 Å². The number of carbonyl (C=O) groups excluding carboxylic acids is 3. The SMILES string of the molecule is COc1ccc(-n2ccnc2SCC(=O)Nc2ccc3c(c2)C(=O)N(C)C3=O)cc1. The third-order valence-corrected chi connectivity index (χ3v) is 5.63. The number of benzene rings is 2. The quantitative estimate of drug-likeness (QED) is 0.485. The number of carbonyl (C=O) groups is 3. The highest BCUT2D eigenvalue weighted by Crippen LogP contribution is 2.26. The second-order valence-corrected chi connectivity index (χ2v) is 7.49. The number of ether oxygens (including phenoxy) is 1. The minimum atomic E-state index is -0.373. The molecule has 1 aliphatic heterocycles. The van der Waals surface area contributed by atoms with Crippen LogP contribution in [0.5, 0.6) is 5.75 Å². The van der Waals surface area contributed by atoms with E-state index in [1.165, 1.54) is 24.9 Å². The van der Waals surface area contributed by atoms with Crippen LogP contribution in [0.4, 0.5) is 5.69 Å². The molecule has 1 N–H and O–H groups in total. The molecule has 2 aromatic carbocycles. The van der Waals surface area contributed by atoms with Crippen LogP contribution in [-0.2, 0) is 4.79 Å². The van der Waals surface area contributed by atoms with Crippen molar-refractivity contribution in [3.05, 3.63) is 66.0 Å². The minimum absolute atomic E-state index is 0.136. The van der Waals surface area contributed by atoms with Gasteiger partial charge in [0, 0.05) is 30.8 Å². The molecule has 3 aromatic rings. The van der Waals surface area contributed by atoms with Crippen LogP contribution in [0, 0.1) is 0 Å². The van der Waals surface area contributed by atoms with Crippen molar-refractivity contribution in [2.24, 2.45) is 0 Å². The van der Waals surface area contributed by atoms with Crippen molar-refractivity contribution in [2.45, 2.75) is 5.16 Å². The number of anilines is 1. The fourth-order valence-corrected chi connectivity index (χ4v) is 3.88. The third kappa shape index (κ3) is 3.67. The molecular formula is C21H18N4O4S. The highest BCUT2D eigenvalue weighted by Gasteiger charge is 2.32. The Morgan fingerprint density at radius 2 is 1.83 bits per heavy atom. The lowest BCUT2D eigenvalue weighted by molar-refractivity contribution is -0.113. The summed E-state index contributed by atoms with van der Waals surface area (Å²) in [5.41, 5.74) is 2.01. The number of hydrogen-bond acceptors (Lipinski definition) is 6. The summed E-state index contributed by atoms with van der Waals surface area (Å²) in [4.78, 5) is 41.8. The molecule has 3 amide bonds. The van der Waals surface area contributed by atoms with Gasteiger partial charge in [-0.25, -0.2) is 4.98 Å². The van der Waals surface area contributed by atoms with Crippen molar-refractivity contribution < 1.29 is 19.1 Å². The van der Waals surface area contributed by atoms with Crippen LogP contribution in [-0.4, -0.2) is 52.1 Å². The Hall–Kier alpha value is -3.59. The van der Waals surface area contributed by atoms with Gasteiger partial charge in [-0.3, -0.25) is 23.9 Å². The molecule has 0 fully saturated rings. The second-order valence-electron chi connectivity index (χ2n) is 6.54. The maximum absolute atomic E-state index is 12.4. The van der Waals surface area contributed by atoms with Crippen LogP contribution in [0.15, 0.2) is 60.0 Å². The molecule has 2 heterocycles. The summed E-state index contributed by atoms with van der Waals surface area (Å²) in [5.74, 6) is -0.0601. The van der Waals surface area contributed by atoms with Crippen LogP contribution < -0.4 is 10.1 Å². The smallest absolute Gasteiger partial charge is 0.261 e. The molecule has 1 aliphatic rings. The molecule has 1 aromatic heterocycles. The molecule has 0 saturated carbocycles. The molecule has 0 atom stereocenters. The summed E-state index contributed by atoms with van der Waals surface area (Å²) >= 11 is 1.29. The molecule has 8 nitrogen and oxygen atoms in total. The number of hydrogen-bond donors (Lipinski definition) is 1. The molecule has 152 valence electrons. The number of nitrogens with zero attached hydrogens (tertiary/aromatic N) is 3. The van der Waals surface area contributed by atoms with Crippen LogP contribution in [0.2, 0.25) is 0 Å². The van der Waals surface area contributed by atoms with Crippen LogP contribution in [0.25, 0.3) is 5.69 Å². The van der Waals surface area contributed by atoms with Crippen molar-refractivity contribution in [2.75, 3.05) is 25.2 Å². The molecule has 0 bridgehead atoms. The Morgan fingerprint density at radius 3 is 2.57 bits per heavy atom. The van der Waals surface area contributed by atoms with E-state index in [2.05, 4.69) is 10.3 Å². The minimum Gasteiger partial charge on any atom is -0.497 e. The monoisotopic (exact) mass is 422 g/mol. The first-order valence-corrected chi connectivity index (χ1v) is 10.0. The summed E-state index contributed by atoms with van der Waals surface area (Å²) in [6.07, 6.45) is 3.49. The predicted molar refractivity (Wildman–Crippen MR) is 112 cm³/mol. The van der Waals surface area contributed by atoms with Gasteiger partial charge in [-0.2, -0.15) is 0 Å². The van der Waals surface area contributed by atoms with Gasteiger partial charge in [-0.15, -0.1) is 0 Å². The first-order chi connectivity index (χ1) is 14.5. The van der Waals surface area contributed by atoms with E-state index in [1.807, 2.05) is 35.0 Å². The van der Waals surface area contributed by atoms with E-state index in [9.17, 15) is 14.4 Å². The molecule has 0 saturated heterocycles. The molecule has 4 rings (SSSR count). The van der Waals surface area contributed by atoms with Crippen molar-refractivity contribution in [3.8, 4) is 11.4 Å².